The highest BCUT2D eigenvalue weighted by Gasteiger charge is 2.30. The van der Waals surface area contributed by atoms with Gasteiger partial charge in [0.2, 0.25) is 0 Å². The summed E-state index contributed by atoms with van der Waals surface area (Å²) in [7, 11) is -10.0. The lowest BCUT2D eigenvalue weighted by Crippen LogP contribution is -2.30. The molecule has 0 aliphatic carbocycles. The Balaban J connectivity index is 5.54. The van der Waals surface area contributed by atoms with E-state index in [1.165, 1.54) is 70.6 Å². The lowest BCUT2D eigenvalue weighted by Gasteiger charge is -2.21. The first-order chi connectivity index (χ1) is 53.7. The van der Waals surface area contributed by atoms with Crippen molar-refractivity contribution in [2.24, 2.45) is 0 Å². The third kappa shape index (κ3) is 80.0. The van der Waals surface area contributed by atoms with Crippen LogP contribution in [0.1, 0.15) is 297 Å². The fraction of sp³-hybridized carbons (Fsp3) is 0.604. The Hall–Kier alpha value is -6.10. The zero-order valence-electron chi connectivity index (χ0n) is 68.1. The predicted molar refractivity (Wildman–Crippen MR) is 454 cm³/mol. The van der Waals surface area contributed by atoms with Crippen LogP contribution in [0.25, 0.3) is 0 Å². The van der Waals surface area contributed by atoms with E-state index in [4.69, 9.17) is 37.0 Å². The van der Waals surface area contributed by atoms with Gasteiger partial charge in [0, 0.05) is 25.7 Å². The molecular weight excluding hydrogens is 1430 g/mol. The molecule has 0 saturated carbocycles. The molecule has 0 rings (SSSR count). The number of carbonyl (C=O) groups excluding carboxylic acids is 4. The van der Waals surface area contributed by atoms with Gasteiger partial charge in [0.15, 0.2) is 12.2 Å². The van der Waals surface area contributed by atoms with Crippen molar-refractivity contribution < 1.29 is 80.2 Å². The van der Waals surface area contributed by atoms with E-state index in [9.17, 15) is 43.2 Å². The average molecular weight is 1570 g/mol. The topological polar surface area (TPSA) is 237 Å². The maximum atomic E-state index is 13.1. The summed E-state index contributed by atoms with van der Waals surface area (Å²) >= 11 is 0. The Morgan fingerprint density at radius 2 is 0.491 bits per heavy atom. The van der Waals surface area contributed by atoms with Crippen molar-refractivity contribution in [2.45, 2.75) is 316 Å². The smallest absolute Gasteiger partial charge is 0.462 e. The Bertz CT molecular complexity index is 2850. The Kier molecular flexibility index (Phi) is 76.4. The molecule has 0 fully saturated rings. The minimum absolute atomic E-state index is 0.0193. The van der Waals surface area contributed by atoms with Crippen LogP contribution >= 0.6 is 15.6 Å². The van der Waals surface area contributed by atoms with Crippen molar-refractivity contribution in [3.05, 3.63) is 194 Å². The SMILES string of the molecule is CC/C=C\C/C=C\C/C=C\C/C=C\C/C=C\C/C=C\CCC(=O)OC[C@H](COP(=O)(O)OC[C@@H](O)COP(=O)(O)OC[C@@H](COC(=O)CC/C=C\C/C=C\C/C=C\C/C=C\C/C=C\CCCCC)OC(=O)CCCCCCCCCCCCCCC)OC(=O)CCCCC/C=C\C/C=C\C/C=C\C/C=C\C/C=C\CC. The van der Waals surface area contributed by atoms with E-state index in [-0.39, 0.29) is 25.7 Å². The van der Waals surface area contributed by atoms with Gasteiger partial charge in [-0.2, -0.15) is 0 Å². The molecule has 2 unspecified atom stereocenters. The Morgan fingerprint density at radius 1 is 0.264 bits per heavy atom. The van der Waals surface area contributed by atoms with Crippen LogP contribution in [0.3, 0.4) is 0 Å². The number of allylic oxidation sites excluding steroid dienone is 32. The highest BCUT2D eigenvalue weighted by molar-refractivity contribution is 7.47. The van der Waals surface area contributed by atoms with Gasteiger partial charge in [-0.15, -0.1) is 0 Å². The number of esters is 4. The Morgan fingerprint density at radius 3 is 0.782 bits per heavy atom. The van der Waals surface area contributed by atoms with Crippen molar-refractivity contribution in [3.8, 4) is 0 Å². The molecule has 3 N–H and O–H groups in total. The molecule has 0 saturated heterocycles. The summed E-state index contributed by atoms with van der Waals surface area (Å²) in [6.07, 6.45) is 100. The van der Waals surface area contributed by atoms with Crippen LogP contribution < -0.4 is 0 Å². The summed E-state index contributed by atoms with van der Waals surface area (Å²) in [5, 5.41) is 10.7. The van der Waals surface area contributed by atoms with Crippen molar-refractivity contribution in [2.75, 3.05) is 39.6 Å². The molecule has 0 radical (unpaired) electrons. The maximum Gasteiger partial charge on any atom is 0.472 e. The van der Waals surface area contributed by atoms with E-state index < -0.39 is 97.5 Å². The van der Waals surface area contributed by atoms with E-state index in [0.29, 0.717) is 38.5 Å². The van der Waals surface area contributed by atoms with E-state index in [0.717, 1.165) is 135 Å². The second kappa shape index (κ2) is 80.9. The first-order valence-electron chi connectivity index (χ1n) is 41.7. The molecule has 0 amide bonds. The van der Waals surface area contributed by atoms with Gasteiger partial charge in [0.05, 0.1) is 26.4 Å². The molecule has 0 aromatic rings. The molecule has 110 heavy (non-hydrogen) atoms. The number of aliphatic hydroxyl groups excluding tert-OH is 1. The van der Waals surface area contributed by atoms with Crippen molar-refractivity contribution in [3.63, 3.8) is 0 Å². The van der Waals surface area contributed by atoms with Gasteiger partial charge in [0.1, 0.15) is 19.3 Å². The van der Waals surface area contributed by atoms with Gasteiger partial charge in [-0.25, -0.2) is 9.13 Å². The molecular formula is C91H146O17P2. The van der Waals surface area contributed by atoms with Crippen molar-refractivity contribution in [1.29, 1.82) is 0 Å². The van der Waals surface area contributed by atoms with Crippen molar-refractivity contribution >= 4 is 39.5 Å². The minimum atomic E-state index is -5.02. The summed E-state index contributed by atoms with van der Waals surface area (Å²) in [5.74, 6) is -2.42. The molecule has 0 aliphatic heterocycles. The molecule has 0 aromatic carbocycles. The molecule has 622 valence electrons. The molecule has 0 heterocycles. The number of aliphatic hydroxyl groups is 1. The lowest BCUT2D eigenvalue weighted by atomic mass is 10.0. The average Bonchev–Trinajstić information content (AvgIpc) is 0.900. The molecule has 0 aromatic heterocycles. The number of phosphoric ester groups is 2. The molecule has 0 aliphatic rings. The van der Waals surface area contributed by atoms with Gasteiger partial charge in [0.25, 0.3) is 0 Å². The minimum Gasteiger partial charge on any atom is -0.462 e. The number of ether oxygens (including phenoxy) is 4. The normalized spacial score (nSPS) is 14.8. The second-order valence-electron chi connectivity index (χ2n) is 27.0. The van der Waals surface area contributed by atoms with Gasteiger partial charge in [-0.05, 0) is 148 Å². The van der Waals surface area contributed by atoms with Crippen LogP contribution in [0, 0.1) is 0 Å². The summed E-state index contributed by atoms with van der Waals surface area (Å²) in [6, 6.07) is 0. The van der Waals surface area contributed by atoms with E-state index in [1.54, 1.807) is 0 Å². The number of hydrogen-bond donors (Lipinski definition) is 3. The van der Waals surface area contributed by atoms with Crippen LogP contribution in [0.15, 0.2) is 194 Å². The van der Waals surface area contributed by atoms with Gasteiger partial charge in [-0.1, -0.05) is 318 Å². The number of hydrogen-bond acceptors (Lipinski definition) is 15. The van der Waals surface area contributed by atoms with E-state index in [1.807, 2.05) is 30.4 Å². The maximum absolute atomic E-state index is 13.1. The highest BCUT2D eigenvalue weighted by Crippen LogP contribution is 2.45. The quantitative estimate of drug-likeness (QED) is 0.0169. The monoisotopic (exact) mass is 1570 g/mol. The fourth-order valence-corrected chi connectivity index (χ4v) is 11.9. The zero-order valence-corrected chi connectivity index (χ0v) is 69.9. The fourth-order valence-electron chi connectivity index (χ4n) is 10.3. The largest absolute Gasteiger partial charge is 0.472 e. The summed E-state index contributed by atoms with van der Waals surface area (Å²) in [4.78, 5) is 73.1. The molecule has 0 spiro atoms. The second-order valence-corrected chi connectivity index (χ2v) is 29.9. The van der Waals surface area contributed by atoms with Gasteiger partial charge < -0.3 is 33.8 Å². The van der Waals surface area contributed by atoms with Crippen LogP contribution in [0.5, 0.6) is 0 Å². The first-order valence-corrected chi connectivity index (χ1v) is 44.7. The van der Waals surface area contributed by atoms with Gasteiger partial charge >= 0.3 is 39.5 Å². The lowest BCUT2D eigenvalue weighted by molar-refractivity contribution is -0.161. The molecule has 5 atom stereocenters. The summed E-state index contributed by atoms with van der Waals surface area (Å²) in [6.45, 7) is 4.40. The molecule has 0 bridgehead atoms. The van der Waals surface area contributed by atoms with Crippen LogP contribution in [0.4, 0.5) is 0 Å². The summed E-state index contributed by atoms with van der Waals surface area (Å²) in [5.41, 5.74) is 0. The predicted octanol–water partition coefficient (Wildman–Crippen LogP) is 24.9. The standard InChI is InChI=1S/C91H146O17P2/c1-5-9-13-17-21-25-29-33-36-39-42-45-48-52-55-59-63-67-71-75-88(93)101-81-86(107-90(95)77-73-69-65-61-57-51-32-28-24-20-16-12-8-4)83-105-109(97,98)103-79-85(92)80-104-110(99,100)106-84-87(108-91(96)78-74-70-66-62-58-54-50-47-44-41-38-35-31-27-23-19-15-11-7-3)82-102-89(94)76-72-68-64-60-56-53-49-46-43-40-37-34-30-26-22-18-14-10-6-2/h10-11,14-15,21-23,25-27,33-38,42-47,52-56,58,63-64,67-68,85-87,92H,5-9,12-13,16-20,24,28-32,39-41,48-51,57,59-62,65-66,69-84H2,1-4H3,(H,97,98)(H,99,100)/b14-10-,15-11-,25-21-,26-22-,27-23-,36-33-,37-34-,38-35-,45-42-,46-43-,47-44-,55-52-,56-53-,58-54-,67-63-,68-64-/t85-,86+,87+/m0/s1. The number of phosphoric acid groups is 2. The van der Waals surface area contributed by atoms with Crippen molar-refractivity contribution in [1.82, 2.24) is 0 Å². The first kappa shape index (κ1) is 104. The number of unbranched alkanes of at least 4 members (excludes halogenated alkanes) is 18. The third-order valence-corrected chi connectivity index (χ3v) is 18.5. The van der Waals surface area contributed by atoms with Crippen LogP contribution in [-0.2, 0) is 65.4 Å². The van der Waals surface area contributed by atoms with Gasteiger partial charge in [-0.3, -0.25) is 37.3 Å². The van der Waals surface area contributed by atoms with Crippen LogP contribution in [-0.4, -0.2) is 96.7 Å². The zero-order chi connectivity index (χ0) is 80.3. The molecule has 17 nitrogen and oxygen atoms in total. The number of carbonyl (C=O) groups is 4. The van der Waals surface area contributed by atoms with Crippen LogP contribution in [0.2, 0.25) is 0 Å². The Labute approximate surface area is 666 Å². The van der Waals surface area contributed by atoms with E-state index >= 15 is 0 Å². The third-order valence-electron chi connectivity index (χ3n) is 16.6. The molecule has 19 heteroatoms. The number of rotatable bonds is 76. The van der Waals surface area contributed by atoms with E-state index in [2.05, 4.69) is 192 Å². The highest BCUT2D eigenvalue weighted by atomic mass is 31.2. The summed E-state index contributed by atoms with van der Waals surface area (Å²) < 4.78 is 68.5.